The highest BCUT2D eigenvalue weighted by molar-refractivity contribution is 7.15. The van der Waals surface area contributed by atoms with Crippen LogP contribution in [0.1, 0.15) is 127 Å². The summed E-state index contributed by atoms with van der Waals surface area (Å²) in [6.07, 6.45) is 23.5. The van der Waals surface area contributed by atoms with E-state index in [0.717, 1.165) is 32.9 Å². The van der Waals surface area contributed by atoms with Crippen LogP contribution in [0.25, 0.3) is 31.9 Å². The summed E-state index contributed by atoms with van der Waals surface area (Å²) in [5, 5.41) is 25.1. The second-order valence-corrected chi connectivity index (χ2v) is 13.3. The lowest BCUT2D eigenvalue weighted by Gasteiger charge is -2.07. The van der Waals surface area contributed by atoms with Crippen LogP contribution < -0.4 is 0 Å². The van der Waals surface area contributed by atoms with Gasteiger partial charge in [0.15, 0.2) is 0 Å². The van der Waals surface area contributed by atoms with Crippen molar-refractivity contribution < 1.29 is 0 Å². The minimum absolute atomic E-state index is 1.02. The van der Waals surface area contributed by atoms with Crippen LogP contribution >= 0.6 is 22.7 Å². The number of hydrogen-bond acceptors (Lipinski definition) is 6. The Labute approximate surface area is 250 Å². The molecule has 0 N–H and O–H groups in total. The molecule has 0 bridgehead atoms. The van der Waals surface area contributed by atoms with Gasteiger partial charge >= 0.3 is 0 Å². The smallest absolute Gasteiger partial charge is 0.143 e. The van der Waals surface area contributed by atoms with Gasteiger partial charge < -0.3 is 0 Å². The Kier molecular flexibility index (Phi) is 13.5. The van der Waals surface area contributed by atoms with E-state index >= 15 is 0 Å². The minimum atomic E-state index is 1.02. The molecule has 0 fully saturated rings. The Morgan fingerprint density at radius 1 is 0.450 bits per heavy atom. The van der Waals surface area contributed by atoms with Gasteiger partial charge in [-0.25, -0.2) is 0 Å². The zero-order valence-corrected chi connectivity index (χ0v) is 26.4. The van der Waals surface area contributed by atoms with Crippen LogP contribution in [0.2, 0.25) is 0 Å². The highest BCUT2D eigenvalue weighted by Crippen LogP contribution is 2.37. The first-order valence-corrected chi connectivity index (χ1v) is 17.6. The fraction of sp³-hybridized carbons (Fsp3) is 0.588. The van der Waals surface area contributed by atoms with Crippen LogP contribution in [0, 0.1) is 0 Å². The van der Waals surface area contributed by atoms with Crippen LogP contribution in [0.4, 0.5) is 0 Å². The van der Waals surface area contributed by atoms with Crippen LogP contribution in [-0.2, 0) is 12.8 Å². The maximum atomic E-state index is 4.60. The third kappa shape index (κ3) is 9.44. The maximum Gasteiger partial charge on any atom is 0.148 e. The number of aryl methyl sites for hydroxylation is 2. The predicted molar refractivity (Wildman–Crippen MR) is 174 cm³/mol. The van der Waals surface area contributed by atoms with Crippen molar-refractivity contribution in [1.82, 2.24) is 20.4 Å². The maximum absolute atomic E-state index is 4.60. The van der Waals surface area contributed by atoms with Crippen LogP contribution in [0.3, 0.4) is 0 Å². The summed E-state index contributed by atoms with van der Waals surface area (Å²) in [5.74, 6) is 0. The van der Waals surface area contributed by atoms with E-state index in [0.29, 0.717) is 0 Å². The summed E-state index contributed by atoms with van der Waals surface area (Å²) in [5.41, 5.74) is 2.34. The van der Waals surface area contributed by atoms with E-state index in [1.54, 1.807) is 22.7 Å². The quantitative estimate of drug-likeness (QED) is 0.0982. The van der Waals surface area contributed by atoms with Crippen LogP contribution in [0.15, 0.2) is 36.4 Å². The topological polar surface area (TPSA) is 51.6 Å². The molecule has 0 aliphatic heterocycles. The van der Waals surface area contributed by atoms with E-state index in [-0.39, 0.29) is 0 Å². The molecular formula is C34H48N4S2. The molecule has 4 aromatic rings. The Bertz CT molecular complexity index is 1160. The van der Waals surface area contributed by atoms with E-state index in [9.17, 15) is 0 Å². The standard InChI is InChI=1S/C34H48N4S2/c1-3-5-7-9-11-13-15-17-25-31-35-37-33(39-31)29-23-19-22-28-27(29)21-20-24-30(28)34-38-36-32(40-34)26-18-16-14-12-10-8-6-4-2/h19-24H,3-18,25-26H2,1-2H3. The number of nitrogens with zero attached hydrogens (tertiary/aromatic N) is 4. The predicted octanol–water partition coefficient (Wildman–Crippen LogP) is 11.2. The summed E-state index contributed by atoms with van der Waals surface area (Å²) in [6, 6.07) is 13.1. The van der Waals surface area contributed by atoms with Crippen molar-refractivity contribution in [2.24, 2.45) is 0 Å². The third-order valence-corrected chi connectivity index (χ3v) is 9.84. The Balaban J connectivity index is 1.32. The molecule has 2 aromatic carbocycles. The minimum Gasteiger partial charge on any atom is -0.143 e. The molecule has 0 unspecified atom stereocenters. The van der Waals surface area contributed by atoms with Gasteiger partial charge in [-0.3, -0.25) is 0 Å². The zero-order valence-electron chi connectivity index (χ0n) is 24.8. The van der Waals surface area contributed by atoms with E-state index < -0.39 is 0 Å². The summed E-state index contributed by atoms with van der Waals surface area (Å²) in [7, 11) is 0. The van der Waals surface area contributed by atoms with E-state index in [2.05, 4.69) is 70.6 Å². The molecule has 0 amide bonds. The molecule has 40 heavy (non-hydrogen) atoms. The largest absolute Gasteiger partial charge is 0.148 e. The molecule has 0 atom stereocenters. The molecule has 4 rings (SSSR count). The number of benzene rings is 2. The Hall–Kier alpha value is -2.18. The highest BCUT2D eigenvalue weighted by atomic mass is 32.1. The lowest BCUT2D eigenvalue weighted by Crippen LogP contribution is -1.86. The second kappa shape index (κ2) is 17.6. The van der Waals surface area contributed by atoms with E-state index in [1.165, 1.54) is 125 Å². The molecule has 0 aliphatic carbocycles. The Morgan fingerprint density at radius 2 is 0.825 bits per heavy atom. The SMILES string of the molecule is CCCCCCCCCCc1nnc(-c2cccc3c(-c4nnc(CCCCCCCCCC)s4)cccc23)s1. The van der Waals surface area contributed by atoms with Crippen molar-refractivity contribution >= 4 is 33.4 Å². The van der Waals surface area contributed by atoms with Gasteiger partial charge in [0.25, 0.3) is 0 Å². The number of hydrogen-bond donors (Lipinski definition) is 0. The summed E-state index contributed by atoms with van der Waals surface area (Å²) in [6.45, 7) is 4.56. The van der Waals surface area contributed by atoms with Gasteiger partial charge in [-0.15, -0.1) is 20.4 Å². The molecule has 4 nitrogen and oxygen atoms in total. The van der Waals surface area contributed by atoms with Crippen molar-refractivity contribution in [3.8, 4) is 21.1 Å². The Morgan fingerprint density at radius 3 is 1.23 bits per heavy atom. The molecule has 0 radical (unpaired) electrons. The average molecular weight is 577 g/mol. The number of unbranched alkanes of at least 4 members (excludes halogenated alkanes) is 14. The fourth-order valence-corrected chi connectivity index (χ4v) is 7.27. The number of fused-ring (bicyclic) bond motifs is 1. The molecule has 2 heterocycles. The molecular weight excluding hydrogens is 529 g/mol. The van der Waals surface area contributed by atoms with Gasteiger partial charge in [-0.1, -0.05) is 163 Å². The van der Waals surface area contributed by atoms with Gasteiger partial charge in [0.1, 0.15) is 20.0 Å². The highest BCUT2D eigenvalue weighted by Gasteiger charge is 2.15. The van der Waals surface area contributed by atoms with Crippen molar-refractivity contribution in [2.45, 2.75) is 129 Å². The third-order valence-electron chi connectivity index (χ3n) is 7.80. The van der Waals surface area contributed by atoms with E-state index in [1.807, 2.05) is 0 Å². The molecule has 0 spiro atoms. The summed E-state index contributed by atoms with van der Waals surface area (Å²) < 4.78 is 0. The lowest BCUT2D eigenvalue weighted by molar-refractivity contribution is 0.574. The van der Waals surface area contributed by atoms with Gasteiger partial charge in [-0.05, 0) is 23.6 Å². The first-order valence-electron chi connectivity index (χ1n) is 16.0. The van der Waals surface area contributed by atoms with Crippen molar-refractivity contribution in [2.75, 3.05) is 0 Å². The zero-order chi connectivity index (χ0) is 27.8. The normalized spacial score (nSPS) is 11.6. The first kappa shape index (κ1) is 30.8. The van der Waals surface area contributed by atoms with E-state index in [4.69, 9.17) is 0 Å². The van der Waals surface area contributed by atoms with Gasteiger partial charge in [0.2, 0.25) is 0 Å². The van der Waals surface area contributed by atoms with Crippen molar-refractivity contribution in [3.63, 3.8) is 0 Å². The van der Waals surface area contributed by atoms with Crippen molar-refractivity contribution in [1.29, 1.82) is 0 Å². The monoisotopic (exact) mass is 576 g/mol. The molecule has 6 heteroatoms. The molecule has 0 aliphatic rings. The molecule has 0 saturated carbocycles. The second-order valence-electron chi connectivity index (χ2n) is 11.2. The first-order chi connectivity index (χ1) is 19.8. The average Bonchev–Trinajstić information content (AvgIpc) is 3.65. The van der Waals surface area contributed by atoms with Crippen molar-refractivity contribution in [3.05, 3.63) is 46.4 Å². The van der Waals surface area contributed by atoms with Crippen LogP contribution in [-0.4, -0.2) is 20.4 Å². The molecule has 0 saturated heterocycles. The lowest BCUT2D eigenvalue weighted by atomic mass is 10.0. The van der Waals surface area contributed by atoms with Gasteiger partial charge in [0, 0.05) is 24.0 Å². The molecule has 2 aromatic heterocycles. The van der Waals surface area contributed by atoms with Gasteiger partial charge in [-0.2, -0.15) is 0 Å². The fourth-order valence-electron chi connectivity index (χ4n) is 5.43. The number of rotatable bonds is 20. The van der Waals surface area contributed by atoms with Gasteiger partial charge in [0.05, 0.1) is 0 Å². The summed E-state index contributed by atoms with van der Waals surface area (Å²) >= 11 is 3.50. The number of aromatic nitrogens is 4. The summed E-state index contributed by atoms with van der Waals surface area (Å²) in [4.78, 5) is 0. The van der Waals surface area contributed by atoms with Crippen LogP contribution in [0.5, 0.6) is 0 Å². The molecule has 216 valence electrons.